The van der Waals surface area contributed by atoms with Gasteiger partial charge in [0, 0.05) is 36.3 Å². The van der Waals surface area contributed by atoms with Crippen LogP contribution in [0.15, 0.2) is 107 Å². The van der Waals surface area contributed by atoms with E-state index in [1.165, 1.54) is 12.1 Å². The number of hydrogen-bond donors (Lipinski definition) is 1. The van der Waals surface area contributed by atoms with Crippen LogP contribution in [0, 0.1) is 23.0 Å². The Balaban J connectivity index is 1.66. The van der Waals surface area contributed by atoms with E-state index in [-0.39, 0.29) is 17.3 Å². The van der Waals surface area contributed by atoms with Crippen LogP contribution < -0.4 is 5.73 Å². The lowest BCUT2D eigenvalue weighted by atomic mass is 9.80. The third kappa shape index (κ3) is 4.46. The van der Waals surface area contributed by atoms with Crippen LogP contribution in [0.3, 0.4) is 0 Å². The monoisotopic (exact) mass is 467 g/mol. The molecule has 0 fully saturated rings. The highest BCUT2D eigenvalue weighted by Gasteiger charge is 2.38. The molecule has 2 heterocycles. The topological polar surface area (TPSA) is 62.3 Å². The molecule has 0 unspecified atom stereocenters. The normalized spacial score (nSPS) is 19.3. The molecule has 6 heteroatoms. The number of rotatable bonds is 4. The summed E-state index contributed by atoms with van der Waals surface area (Å²) in [5, 5.41) is 9.92. The Morgan fingerprint density at radius 2 is 1.63 bits per heavy atom. The Morgan fingerprint density at radius 3 is 2.34 bits per heavy atom. The van der Waals surface area contributed by atoms with E-state index < -0.39 is 11.7 Å². The molecule has 0 amide bonds. The van der Waals surface area contributed by atoms with Crippen molar-refractivity contribution in [2.75, 3.05) is 13.1 Å². The lowest BCUT2D eigenvalue weighted by molar-refractivity contribution is 0.229. The fourth-order valence-electron chi connectivity index (χ4n) is 4.74. The van der Waals surface area contributed by atoms with E-state index in [9.17, 15) is 14.0 Å². The van der Waals surface area contributed by atoms with Crippen LogP contribution in [0.1, 0.15) is 22.6 Å². The van der Waals surface area contributed by atoms with Crippen molar-refractivity contribution < 1.29 is 13.5 Å². The van der Waals surface area contributed by atoms with Crippen molar-refractivity contribution in [1.29, 1.82) is 5.26 Å². The first-order valence-electron chi connectivity index (χ1n) is 11.3. The maximum atomic E-state index is 15.0. The summed E-state index contributed by atoms with van der Waals surface area (Å²) < 4.78 is 35.5. The fraction of sp³-hybridized carbons (Fsp3) is 0.138. The van der Waals surface area contributed by atoms with Crippen LogP contribution in [0.5, 0.6) is 0 Å². The first kappa shape index (κ1) is 22.6. The number of ether oxygens (including phenoxy) is 1. The summed E-state index contributed by atoms with van der Waals surface area (Å²) in [5.41, 5.74) is 9.67. The Morgan fingerprint density at radius 1 is 0.943 bits per heavy atom. The molecule has 0 saturated heterocycles. The SMILES string of the molecule is N#CC1=C(N)OC2=C(CN(Cc3ccccc3)C/C2=C\c2ccccc2F)[C@@H]1c1ccccc1F. The van der Waals surface area contributed by atoms with Crippen molar-refractivity contribution >= 4 is 6.08 Å². The maximum Gasteiger partial charge on any atom is 0.205 e. The zero-order chi connectivity index (χ0) is 24.4. The van der Waals surface area contributed by atoms with Gasteiger partial charge in [-0.25, -0.2) is 8.78 Å². The van der Waals surface area contributed by atoms with E-state index in [4.69, 9.17) is 10.5 Å². The minimum atomic E-state index is -0.701. The van der Waals surface area contributed by atoms with E-state index >= 15 is 0 Å². The summed E-state index contributed by atoms with van der Waals surface area (Å²) in [6.45, 7) is 1.54. The summed E-state index contributed by atoms with van der Waals surface area (Å²) >= 11 is 0. The van der Waals surface area contributed by atoms with Gasteiger partial charge in [-0.05, 0) is 29.3 Å². The van der Waals surface area contributed by atoms with Gasteiger partial charge >= 0.3 is 0 Å². The quantitative estimate of drug-likeness (QED) is 0.541. The van der Waals surface area contributed by atoms with Gasteiger partial charge in [-0.1, -0.05) is 66.7 Å². The van der Waals surface area contributed by atoms with Gasteiger partial charge in [-0.3, -0.25) is 4.90 Å². The Labute approximate surface area is 202 Å². The molecule has 0 saturated carbocycles. The van der Waals surface area contributed by atoms with E-state index in [0.29, 0.717) is 42.1 Å². The molecular weight excluding hydrogens is 444 g/mol. The highest BCUT2D eigenvalue weighted by atomic mass is 19.1. The van der Waals surface area contributed by atoms with Crippen LogP contribution >= 0.6 is 0 Å². The fourth-order valence-corrected chi connectivity index (χ4v) is 4.74. The van der Waals surface area contributed by atoms with E-state index in [2.05, 4.69) is 11.0 Å². The molecule has 3 aromatic carbocycles. The lowest BCUT2D eigenvalue weighted by Gasteiger charge is -2.38. The zero-order valence-corrected chi connectivity index (χ0v) is 18.9. The minimum Gasteiger partial charge on any atom is -0.440 e. The second-order valence-corrected chi connectivity index (χ2v) is 8.62. The standard InChI is InChI=1S/C29H23F2N3O/c30-25-12-6-4-10-20(25)14-21-17-34(16-19-8-2-1-3-9-19)18-24-27(22-11-5-7-13-26(22)31)23(15-32)29(33)35-28(21)24/h1-14,27H,16-18,33H2/b21-14+/t27-/m1/s1. The molecule has 0 aliphatic carbocycles. The predicted octanol–water partition coefficient (Wildman–Crippen LogP) is 5.63. The van der Waals surface area contributed by atoms with E-state index in [1.54, 1.807) is 42.5 Å². The first-order chi connectivity index (χ1) is 17.0. The highest BCUT2D eigenvalue weighted by Crippen LogP contribution is 2.44. The molecular formula is C29H23F2N3O. The summed E-state index contributed by atoms with van der Waals surface area (Å²) in [5.74, 6) is -1.07. The third-order valence-corrected chi connectivity index (χ3v) is 6.31. The van der Waals surface area contributed by atoms with Gasteiger partial charge in [-0.2, -0.15) is 5.26 Å². The maximum absolute atomic E-state index is 15.0. The number of hydrogen-bond acceptors (Lipinski definition) is 4. The highest BCUT2D eigenvalue weighted by molar-refractivity contribution is 5.63. The Bertz CT molecular complexity index is 1400. The van der Waals surface area contributed by atoms with Crippen molar-refractivity contribution in [2.45, 2.75) is 12.5 Å². The van der Waals surface area contributed by atoms with Gasteiger partial charge in [0.25, 0.3) is 0 Å². The molecule has 4 nitrogen and oxygen atoms in total. The van der Waals surface area contributed by atoms with Crippen LogP contribution in [0.2, 0.25) is 0 Å². The van der Waals surface area contributed by atoms with Crippen LogP contribution in [-0.4, -0.2) is 18.0 Å². The number of nitrogens with zero attached hydrogens (tertiary/aromatic N) is 2. The number of nitriles is 1. The number of halogens is 2. The molecule has 3 aromatic rings. The van der Waals surface area contributed by atoms with E-state index in [1.807, 2.05) is 30.3 Å². The lowest BCUT2D eigenvalue weighted by Crippen LogP contribution is -2.38. The molecule has 174 valence electrons. The molecule has 2 aliphatic rings. The second-order valence-electron chi connectivity index (χ2n) is 8.62. The molecule has 2 aliphatic heterocycles. The molecule has 0 spiro atoms. The van der Waals surface area contributed by atoms with Gasteiger partial charge in [-0.15, -0.1) is 0 Å². The molecule has 0 radical (unpaired) electrons. The Kier molecular flexibility index (Phi) is 6.17. The second kappa shape index (κ2) is 9.57. The predicted molar refractivity (Wildman–Crippen MR) is 130 cm³/mol. The van der Waals surface area contributed by atoms with Gasteiger partial charge in [0.2, 0.25) is 5.88 Å². The average Bonchev–Trinajstić information content (AvgIpc) is 2.86. The summed E-state index contributed by atoms with van der Waals surface area (Å²) in [6.07, 6.45) is 1.74. The number of allylic oxidation sites excluding steroid dienone is 1. The molecule has 2 N–H and O–H groups in total. The molecule has 0 bridgehead atoms. The van der Waals surface area contributed by atoms with Crippen molar-refractivity contribution in [3.05, 3.63) is 136 Å². The van der Waals surface area contributed by atoms with Crippen LogP contribution in [0.4, 0.5) is 8.78 Å². The smallest absolute Gasteiger partial charge is 0.205 e. The van der Waals surface area contributed by atoms with Crippen molar-refractivity contribution in [3.8, 4) is 6.07 Å². The van der Waals surface area contributed by atoms with Crippen molar-refractivity contribution in [3.63, 3.8) is 0 Å². The first-order valence-corrected chi connectivity index (χ1v) is 11.3. The number of benzene rings is 3. The summed E-state index contributed by atoms with van der Waals surface area (Å²) in [4.78, 5) is 2.18. The number of nitrogens with two attached hydrogens (primary N) is 1. The van der Waals surface area contributed by atoms with Crippen molar-refractivity contribution in [1.82, 2.24) is 4.90 Å². The third-order valence-electron chi connectivity index (χ3n) is 6.31. The van der Waals surface area contributed by atoms with Gasteiger partial charge in [0.05, 0.1) is 5.92 Å². The minimum absolute atomic E-state index is 0.0598. The van der Waals surface area contributed by atoms with Gasteiger partial charge in [0.1, 0.15) is 29.0 Å². The molecule has 35 heavy (non-hydrogen) atoms. The molecule has 0 aromatic heterocycles. The molecule has 1 atom stereocenters. The largest absolute Gasteiger partial charge is 0.440 e. The zero-order valence-electron chi connectivity index (χ0n) is 18.9. The average molecular weight is 468 g/mol. The van der Waals surface area contributed by atoms with E-state index in [0.717, 1.165) is 11.1 Å². The summed E-state index contributed by atoms with van der Waals surface area (Å²) in [7, 11) is 0. The molecule has 5 rings (SSSR count). The van der Waals surface area contributed by atoms with Crippen LogP contribution in [0.25, 0.3) is 6.08 Å². The summed E-state index contributed by atoms with van der Waals surface area (Å²) in [6, 6.07) is 25.0. The van der Waals surface area contributed by atoms with Gasteiger partial charge < -0.3 is 10.5 Å². The van der Waals surface area contributed by atoms with Gasteiger partial charge in [0.15, 0.2) is 0 Å². The Hall–Kier alpha value is -4.21. The van der Waals surface area contributed by atoms with Crippen LogP contribution in [-0.2, 0) is 11.3 Å². The van der Waals surface area contributed by atoms with Crippen molar-refractivity contribution in [2.24, 2.45) is 5.73 Å².